The lowest BCUT2D eigenvalue weighted by molar-refractivity contribution is -0.141. The highest BCUT2D eigenvalue weighted by molar-refractivity contribution is 5.91. The molecule has 0 fully saturated rings. The first-order valence-electron chi connectivity index (χ1n) is 5.83. The molecule has 2 aromatic rings. The quantitative estimate of drug-likeness (QED) is 0.776. The fraction of sp³-hybridized carbons (Fsp3) is 0.364. The van der Waals surface area contributed by atoms with Crippen molar-refractivity contribution < 1.29 is 27.4 Å². The molecule has 22 heavy (non-hydrogen) atoms. The molecular weight excluding hydrogens is 307 g/mol. The van der Waals surface area contributed by atoms with Gasteiger partial charge >= 0.3 is 12.1 Å². The summed E-state index contributed by atoms with van der Waals surface area (Å²) >= 11 is 0. The molecule has 0 unspecified atom stereocenters. The maximum absolute atomic E-state index is 12.7. The number of rotatable bonds is 4. The highest BCUT2D eigenvalue weighted by Gasteiger charge is 2.34. The van der Waals surface area contributed by atoms with E-state index in [-0.39, 0.29) is 18.0 Å². The molecule has 0 aromatic carbocycles. The van der Waals surface area contributed by atoms with Crippen LogP contribution in [0.15, 0.2) is 12.1 Å². The predicted octanol–water partition coefficient (Wildman–Crippen LogP) is 0.989. The normalized spacial score (nSPS) is 11.3. The minimum atomic E-state index is -4.67. The molecule has 2 aromatic heterocycles. The Morgan fingerprint density at radius 3 is 2.64 bits per heavy atom. The Morgan fingerprint density at radius 2 is 2.09 bits per heavy atom. The summed E-state index contributed by atoms with van der Waals surface area (Å²) in [7, 11) is 2.62. The molecule has 0 spiro atoms. The summed E-state index contributed by atoms with van der Waals surface area (Å²) in [6.07, 6.45) is -4.67. The Morgan fingerprint density at radius 1 is 1.36 bits per heavy atom. The summed E-state index contributed by atoms with van der Waals surface area (Å²) in [5, 5.41) is 10.5. The van der Waals surface area contributed by atoms with E-state index in [0.717, 1.165) is 13.2 Å². The van der Waals surface area contributed by atoms with Crippen LogP contribution in [-0.4, -0.2) is 38.3 Å². The third-order valence-electron chi connectivity index (χ3n) is 2.60. The van der Waals surface area contributed by atoms with Gasteiger partial charge in [-0.05, 0) is 22.6 Å². The topological polar surface area (TPSA) is 92.0 Å². The lowest BCUT2D eigenvalue weighted by Crippen LogP contribution is -2.14. The van der Waals surface area contributed by atoms with Crippen LogP contribution in [-0.2, 0) is 24.6 Å². The van der Waals surface area contributed by atoms with E-state index in [9.17, 15) is 18.0 Å². The van der Waals surface area contributed by atoms with E-state index in [1.807, 2.05) is 0 Å². The molecule has 0 aliphatic heterocycles. The van der Waals surface area contributed by atoms with Gasteiger partial charge in [-0.25, -0.2) is 14.5 Å². The SMILES string of the molecule is COC(=O)c1ccc(C(F)(F)F)nc1OCc1nnnn1C. The van der Waals surface area contributed by atoms with Gasteiger partial charge in [0.1, 0.15) is 11.3 Å². The molecule has 0 bridgehead atoms. The Labute approximate surface area is 121 Å². The minimum absolute atomic E-state index is 0.231. The molecule has 2 heterocycles. The van der Waals surface area contributed by atoms with Crippen LogP contribution in [0.3, 0.4) is 0 Å². The van der Waals surface area contributed by atoms with Gasteiger partial charge in [0.25, 0.3) is 0 Å². The second-order valence-corrected chi connectivity index (χ2v) is 4.05. The highest BCUT2D eigenvalue weighted by Crippen LogP contribution is 2.30. The van der Waals surface area contributed by atoms with Crippen molar-refractivity contribution in [1.29, 1.82) is 0 Å². The van der Waals surface area contributed by atoms with Crippen molar-refractivity contribution in [2.75, 3.05) is 7.11 Å². The number of halogens is 3. The van der Waals surface area contributed by atoms with Crippen molar-refractivity contribution in [2.45, 2.75) is 12.8 Å². The van der Waals surface area contributed by atoms with Crippen molar-refractivity contribution in [3.05, 3.63) is 29.2 Å². The molecule has 8 nitrogen and oxygen atoms in total. The molecular formula is C11H10F3N5O3. The van der Waals surface area contributed by atoms with Crippen LogP contribution in [0, 0.1) is 0 Å². The van der Waals surface area contributed by atoms with E-state index in [2.05, 4.69) is 25.2 Å². The van der Waals surface area contributed by atoms with E-state index in [1.165, 1.54) is 11.7 Å². The molecule has 0 radical (unpaired) electrons. The van der Waals surface area contributed by atoms with Crippen LogP contribution < -0.4 is 4.74 Å². The number of esters is 1. The number of pyridine rings is 1. The third-order valence-corrected chi connectivity index (χ3v) is 2.60. The standard InChI is InChI=1S/C11H10F3N5O3/c1-19-8(16-17-18-19)5-22-9-6(10(20)21-2)3-4-7(15-9)11(12,13)14/h3-4H,5H2,1-2H3. The van der Waals surface area contributed by atoms with Gasteiger partial charge in [0.15, 0.2) is 12.4 Å². The number of carbonyl (C=O) groups excluding carboxylic acids is 1. The largest absolute Gasteiger partial charge is 0.469 e. The highest BCUT2D eigenvalue weighted by atomic mass is 19.4. The van der Waals surface area contributed by atoms with E-state index in [1.54, 1.807) is 0 Å². The number of hydrogen-bond acceptors (Lipinski definition) is 7. The summed E-state index contributed by atoms with van der Waals surface area (Å²) in [6.45, 7) is -0.262. The van der Waals surface area contributed by atoms with Crippen molar-refractivity contribution in [2.24, 2.45) is 7.05 Å². The van der Waals surface area contributed by atoms with E-state index in [0.29, 0.717) is 6.07 Å². The smallest absolute Gasteiger partial charge is 0.433 e. The van der Waals surface area contributed by atoms with E-state index < -0.39 is 23.7 Å². The zero-order valence-electron chi connectivity index (χ0n) is 11.5. The number of carbonyl (C=O) groups is 1. The summed E-state index contributed by atoms with van der Waals surface area (Å²) < 4.78 is 49.0. The van der Waals surface area contributed by atoms with Crippen LogP contribution >= 0.6 is 0 Å². The number of ether oxygens (including phenoxy) is 2. The monoisotopic (exact) mass is 317 g/mol. The first-order valence-corrected chi connectivity index (χ1v) is 5.83. The summed E-state index contributed by atoms with van der Waals surface area (Å²) in [5.74, 6) is -1.13. The van der Waals surface area contributed by atoms with Crippen LogP contribution in [0.25, 0.3) is 0 Å². The van der Waals surface area contributed by atoms with Gasteiger partial charge in [0, 0.05) is 7.05 Å². The number of tetrazole rings is 1. The molecule has 0 aliphatic carbocycles. The maximum Gasteiger partial charge on any atom is 0.433 e. The average Bonchev–Trinajstić information content (AvgIpc) is 2.88. The number of hydrogen-bond donors (Lipinski definition) is 0. The molecule has 0 atom stereocenters. The summed E-state index contributed by atoms with van der Waals surface area (Å²) in [5.41, 5.74) is -1.42. The van der Waals surface area contributed by atoms with Crippen LogP contribution in [0.4, 0.5) is 13.2 Å². The van der Waals surface area contributed by atoms with Gasteiger partial charge in [-0.2, -0.15) is 13.2 Å². The van der Waals surface area contributed by atoms with Crippen molar-refractivity contribution in [3.8, 4) is 5.88 Å². The Kier molecular flexibility index (Phi) is 4.24. The van der Waals surface area contributed by atoms with Gasteiger partial charge < -0.3 is 9.47 Å². The molecule has 0 saturated carbocycles. The maximum atomic E-state index is 12.7. The second kappa shape index (κ2) is 5.95. The van der Waals surface area contributed by atoms with Gasteiger partial charge in [0.2, 0.25) is 5.88 Å². The lowest BCUT2D eigenvalue weighted by atomic mass is 10.2. The van der Waals surface area contributed by atoms with Crippen molar-refractivity contribution in [1.82, 2.24) is 25.2 Å². The Bertz CT molecular complexity index is 686. The van der Waals surface area contributed by atoms with Crippen molar-refractivity contribution in [3.63, 3.8) is 0 Å². The van der Waals surface area contributed by atoms with Gasteiger partial charge in [-0.15, -0.1) is 5.10 Å². The zero-order valence-corrected chi connectivity index (χ0v) is 11.5. The summed E-state index contributed by atoms with van der Waals surface area (Å²) in [4.78, 5) is 14.9. The van der Waals surface area contributed by atoms with Gasteiger partial charge in [-0.3, -0.25) is 0 Å². The average molecular weight is 317 g/mol. The molecule has 0 saturated heterocycles. The predicted molar refractivity (Wildman–Crippen MR) is 63.7 cm³/mol. The summed E-state index contributed by atoms with van der Waals surface area (Å²) in [6, 6.07) is 1.61. The molecule has 0 amide bonds. The first-order chi connectivity index (χ1) is 10.3. The molecule has 118 valence electrons. The number of aromatic nitrogens is 5. The fourth-order valence-corrected chi connectivity index (χ4v) is 1.48. The number of aryl methyl sites for hydroxylation is 1. The Hall–Kier alpha value is -2.72. The van der Waals surface area contributed by atoms with Crippen LogP contribution in [0.5, 0.6) is 5.88 Å². The number of nitrogens with zero attached hydrogens (tertiary/aromatic N) is 5. The third kappa shape index (κ3) is 3.30. The fourth-order valence-electron chi connectivity index (χ4n) is 1.48. The Balaban J connectivity index is 2.32. The number of methoxy groups -OCH3 is 1. The molecule has 0 N–H and O–H groups in total. The van der Waals surface area contributed by atoms with E-state index >= 15 is 0 Å². The van der Waals surface area contributed by atoms with Crippen LogP contribution in [0.2, 0.25) is 0 Å². The lowest BCUT2D eigenvalue weighted by Gasteiger charge is -2.11. The molecule has 2 rings (SSSR count). The van der Waals surface area contributed by atoms with Crippen molar-refractivity contribution >= 4 is 5.97 Å². The number of alkyl halides is 3. The first kappa shape index (κ1) is 15.7. The van der Waals surface area contributed by atoms with Gasteiger partial charge in [-0.1, -0.05) is 0 Å². The van der Waals surface area contributed by atoms with Gasteiger partial charge in [0.05, 0.1) is 7.11 Å². The minimum Gasteiger partial charge on any atom is -0.469 e. The van der Waals surface area contributed by atoms with E-state index in [4.69, 9.17) is 4.74 Å². The van der Waals surface area contributed by atoms with Crippen LogP contribution in [0.1, 0.15) is 21.9 Å². The molecule has 11 heteroatoms. The zero-order chi connectivity index (χ0) is 16.3. The molecule has 0 aliphatic rings. The second-order valence-electron chi connectivity index (χ2n) is 4.05.